The fraction of sp³-hybridized carbons (Fsp3) is 0.263. The number of aryl methyl sites for hydroxylation is 2. The summed E-state index contributed by atoms with van der Waals surface area (Å²) in [5.41, 5.74) is 3.47. The number of ether oxygens (including phenoxy) is 1. The molecule has 23 heavy (non-hydrogen) atoms. The first-order chi connectivity index (χ1) is 11.0. The molecule has 0 bridgehead atoms. The molecule has 1 atom stereocenters. The summed E-state index contributed by atoms with van der Waals surface area (Å²) in [5, 5.41) is 0.456. The fourth-order valence-electron chi connectivity index (χ4n) is 2.86. The predicted octanol–water partition coefficient (Wildman–Crippen LogP) is 4.26. The van der Waals surface area contributed by atoms with Gasteiger partial charge in [0.15, 0.2) is 6.10 Å². The quantitative estimate of drug-likeness (QED) is 0.622. The predicted molar refractivity (Wildman–Crippen MR) is 89.1 cm³/mol. The van der Waals surface area contributed by atoms with Gasteiger partial charge in [0.25, 0.3) is 0 Å². The summed E-state index contributed by atoms with van der Waals surface area (Å²) < 4.78 is 5.28. The average Bonchev–Trinajstić information content (AvgIpc) is 3.01. The van der Waals surface area contributed by atoms with Crippen molar-refractivity contribution in [2.45, 2.75) is 32.3 Å². The van der Waals surface area contributed by atoms with Crippen LogP contribution in [0.5, 0.6) is 0 Å². The lowest BCUT2D eigenvalue weighted by Crippen LogP contribution is -2.24. The minimum atomic E-state index is -0.832. The fourth-order valence-corrected chi connectivity index (χ4v) is 3.05. The zero-order valence-electron chi connectivity index (χ0n) is 12.8. The maximum atomic E-state index is 12.5. The molecule has 0 spiro atoms. The Labute approximate surface area is 140 Å². The van der Waals surface area contributed by atoms with Gasteiger partial charge in [0.1, 0.15) is 0 Å². The molecule has 118 valence electrons. The summed E-state index contributed by atoms with van der Waals surface area (Å²) in [7, 11) is 0. The molecule has 0 radical (unpaired) electrons. The number of esters is 1. The summed E-state index contributed by atoms with van der Waals surface area (Å²) in [4.78, 5) is 24.6. The number of benzene rings is 2. The van der Waals surface area contributed by atoms with Crippen molar-refractivity contribution in [1.82, 2.24) is 0 Å². The zero-order valence-corrected chi connectivity index (χ0v) is 13.6. The number of carbonyl (C=O) groups excluding carboxylic acids is 2. The highest BCUT2D eigenvalue weighted by Gasteiger charge is 2.22. The Morgan fingerprint density at radius 3 is 2.61 bits per heavy atom. The van der Waals surface area contributed by atoms with Gasteiger partial charge in [0, 0.05) is 10.6 Å². The molecule has 4 heteroatoms. The molecule has 3 nitrogen and oxygen atoms in total. The summed E-state index contributed by atoms with van der Waals surface area (Å²) in [5.74, 6) is -0.732. The highest BCUT2D eigenvalue weighted by atomic mass is 35.5. The minimum Gasteiger partial charge on any atom is -0.451 e. The minimum absolute atomic E-state index is 0.185. The maximum Gasteiger partial charge on any atom is 0.338 e. The highest BCUT2D eigenvalue weighted by molar-refractivity contribution is 6.30. The zero-order chi connectivity index (χ0) is 16.4. The summed E-state index contributed by atoms with van der Waals surface area (Å²) >= 11 is 5.86. The van der Waals surface area contributed by atoms with Crippen molar-refractivity contribution in [3.63, 3.8) is 0 Å². The smallest absolute Gasteiger partial charge is 0.338 e. The first-order valence-corrected chi connectivity index (χ1v) is 8.05. The summed E-state index contributed by atoms with van der Waals surface area (Å²) in [6.45, 7) is 1.60. The van der Waals surface area contributed by atoms with Crippen molar-refractivity contribution in [3.8, 4) is 0 Å². The van der Waals surface area contributed by atoms with Gasteiger partial charge < -0.3 is 4.74 Å². The second-order valence-corrected chi connectivity index (χ2v) is 6.20. The van der Waals surface area contributed by atoms with Gasteiger partial charge in [-0.25, -0.2) is 4.79 Å². The molecule has 2 aromatic rings. The summed E-state index contributed by atoms with van der Waals surface area (Å²) in [6, 6.07) is 12.2. The Morgan fingerprint density at radius 2 is 1.83 bits per heavy atom. The number of Topliss-reactive ketones (excluding diaryl/α,β-unsaturated/α-hetero) is 1. The van der Waals surface area contributed by atoms with E-state index in [2.05, 4.69) is 0 Å². The van der Waals surface area contributed by atoms with Crippen LogP contribution in [0.25, 0.3) is 0 Å². The van der Waals surface area contributed by atoms with E-state index < -0.39 is 12.1 Å². The van der Waals surface area contributed by atoms with E-state index in [9.17, 15) is 9.59 Å². The molecule has 2 aromatic carbocycles. The Morgan fingerprint density at radius 1 is 1.04 bits per heavy atom. The monoisotopic (exact) mass is 328 g/mol. The van der Waals surface area contributed by atoms with Gasteiger partial charge in [-0.05, 0) is 61.6 Å². The van der Waals surface area contributed by atoms with Crippen LogP contribution < -0.4 is 0 Å². The molecule has 3 rings (SSSR count). The van der Waals surface area contributed by atoms with Crippen molar-refractivity contribution < 1.29 is 14.3 Å². The van der Waals surface area contributed by atoms with Gasteiger partial charge in [0.2, 0.25) is 5.78 Å². The van der Waals surface area contributed by atoms with Gasteiger partial charge in [-0.2, -0.15) is 0 Å². The number of halogens is 1. The molecular formula is C19H17ClO3. The van der Waals surface area contributed by atoms with E-state index in [1.165, 1.54) is 17.2 Å². The van der Waals surface area contributed by atoms with Crippen molar-refractivity contribution in [2.75, 3.05) is 0 Å². The molecule has 0 saturated carbocycles. The van der Waals surface area contributed by atoms with Crippen molar-refractivity contribution in [1.29, 1.82) is 0 Å². The first-order valence-electron chi connectivity index (χ1n) is 7.67. The molecule has 0 aromatic heterocycles. The van der Waals surface area contributed by atoms with Crippen LogP contribution in [0.2, 0.25) is 5.02 Å². The van der Waals surface area contributed by atoms with Crippen LogP contribution in [0.4, 0.5) is 0 Å². The number of rotatable bonds is 4. The first kappa shape index (κ1) is 15.8. The third-order valence-corrected chi connectivity index (χ3v) is 4.33. The van der Waals surface area contributed by atoms with E-state index >= 15 is 0 Å². The SMILES string of the molecule is C[C@@H](OC(=O)c1cccc(Cl)c1)C(=O)c1ccc2c(c1)CCC2. The van der Waals surface area contributed by atoms with E-state index in [4.69, 9.17) is 16.3 Å². The molecule has 0 fully saturated rings. The van der Waals surface area contributed by atoms with E-state index in [0.717, 1.165) is 19.3 Å². The van der Waals surface area contributed by atoms with Crippen LogP contribution in [0.1, 0.15) is 45.2 Å². The van der Waals surface area contributed by atoms with Gasteiger partial charge in [0.05, 0.1) is 5.56 Å². The maximum absolute atomic E-state index is 12.5. The van der Waals surface area contributed by atoms with Gasteiger partial charge >= 0.3 is 5.97 Å². The molecule has 0 unspecified atom stereocenters. The van der Waals surface area contributed by atoms with Crippen LogP contribution >= 0.6 is 11.6 Å². The Bertz CT molecular complexity index is 767. The Balaban J connectivity index is 1.71. The van der Waals surface area contributed by atoms with E-state index in [1.807, 2.05) is 18.2 Å². The highest BCUT2D eigenvalue weighted by Crippen LogP contribution is 2.23. The molecule has 0 amide bonds. The molecule has 1 aliphatic carbocycles. The average molecular weight is 329 g/mol. The van der Waals surface area contributed by atoms with Gasteiger partial charge in [-0.1, -0.05) is 29.8 Å². The Kier molecular flexibility index (Phi) is 4.49. The van der Waals surface area contributed by atoms with E-state index in [-0.39, 0.29) is 5.78 Å². The van der Waals surface area contributed by atoms with E-state index in [0.29, 0.717) is 16.1 Å². The summed E-state index contributed by atoms with van der Waals surface area (Å²) in [6.07, 6.45) is 2.38. The van der Waals surface area contributed by atoms with Crippen molar-refractivity contribution >= 4 is 23.4 Å². The van der Waals surface area contributed by atoms with Crippen molar-refractivity contribution in [2.24, 2.45) is 0 Å². The second kappa shape index (κ2) is 6.55. The van der Waals surface area contributed by atoms with Crippen LogP contribution in [-0.2, 0) is 17.6 Å². The molecular weight excluding hydrogens is 312 g/mol. The normalized spacial score (nSPS) is 14.2. The van der Waals surface area contributed by atoms with Crippen LogP contribution in [-0.4, -0.2) is 17.9 Å². The third kappa shape index (κ3) is 3.45. The topological polar surface area (TPSA) is 43.4 Å². The lowest BCUT2D eigenvalue weighted by atomic mass is 10.0. The molecule has 0 aliphatic heterocycles. The number of fused-ring (bicyclic) bond motifs is 1. The van der Waals surface area contributed by atoms with Crippen LogP contribution in [0.15, 0.2) is 42.5 Å². The molecule has 0 saturated heterocycles. The lowest BCUT2D eigenvalue weighted by molar-refractivity contribution is 0.0319. The number of hydrogen-bond donors (Lipinski definition) is 0. The Hall–Kier alpha value is -2.13. The second-order valence-electron chi connectivity index (χ2n) is 5.76. The number of carbonyl (C=O) groups is 2. The van der Waals surface area contributed by atoms with E-state index in [1.54, 1.807) is 25.1 Å². The lowest BCUT2D eigenvalue weighted by Gasteiger charge is -2.13. The molecule has 0 heterocycles. The van der Waals surface area contributed by atoms with Gasteiger partial charge in [-0.15, -0.1) is 0 Å². The molecule has 1 aliphatic rings. The standard InChI is InChI=1S/C19H17ClO3/c1-12(23-19(22)16-6-3-7-17(20)11-16)18(21)15-9-8-13-4-2-5-14(13)10-15/h3,6-12H,2,4-5H2,1H3/t12-/m1/s1. The van der Waals surface area contributed by atoms with Crippen molar-refractivity contribution in [3.05, 3.63) is 69.7 Å². The number of hydrogen-bond acceptors (Lipinski definition) is 3. The third-order valence-electron chi connectivity index (χ3n) is 4.10. The number of ketones is 1. The largest absolute Gasteiger partial charge is 0.451 e. The van der Waals surface area contributed by atoms with Crippen LogP contribution in [0.3, 0.4) is 0 Å². The molecule has 0 N–H and O–H groups in total. The van der Waals surface area contributed by atoms with Crippen LogP contribution in [0, 0.1) is 0 Å². The van der Waals surface area contributed by atoms with Gasteiger partial charge in [-0.3, -0.25) is 4.79 Å².